The summed E-state index contributed by atoms with van der Waals surface area (Å²) >= 11 is 0. The topological polar surface area (TPSA) is 29.9 Å². The highest BCUT2D eigenvalue weighted by atomic mass is 15.3. The molecule has 0 unspecified atom stereocenters. The number of hydrogen-bond acceptors (Lipinski definition) is 2. The number of hydrogen-bond donors (Lipinski definition) is 1. The fourth-order valence-electron chi connectivity index (χ4n) is 1.99. The molecule has 1 aromatic carbocycles. The molecule has 0 fully saturated rings. The van der Waals surface area contributed by atoms with Crippen molar-refractivity contribution in [3.05, 3.63) is 54.4 Å². The molecular formula is C15H21N3. The maximum atomic E-state index is 4.18. The van der Waals surface area contributed by atoms with Crippen LogP contribution in [-0.4, -0.2) is 22.9 Å². The van der Waals surface area contributed by atoms with Crippen molar-refractivity contribution < 1.29 is 0 Å². The average Bonchev–Trinajstić information content (AvgIpc) is 2.92. The van der Waals surface area contributed by atoms with E-state index in [9.17, 15) is 0 Å². The summed E-state index contributed by atoms with van der Waals surface area (Å²) in [6, 6.07) is 12.6. The van der Waals surface area contributed by atoms with Crippen LogP contribution in [0.4, 0.5) is 0 Å². The van der Waals surface area contributed by atoms with Gasteiger partial charge in [-0.05, 0) is 44.0 Å². The smallest absolute Gasteiger partial charge is 0.0489 e. The molecule has 0 radical (unpaired) electrons. The molecule has 0 aliphatic heterocycles. The van der Waals surface area contributed by atoms with Gasteiger partial charge in [0.1, 0.15) is 0 Å². The van der Waals surface area contributed by atoms with Crippen LogP contribution in [0.5, 0.6) is 0 Å². The van der Waals surface area contributed by atoms with Crippen LogP contribution in [0, 0.1) is 0 Å². The summed E-state index contributed by atoms with van der Waals surface area (Å²) < 4.78 is 1.98. The minimum atomic E-state index is 0.999. The first-order valence-electron chi connectivity index (χ1n) is 6.67. The highest BCUT2D eigenvalue weighted by Gasteiger charge is 1.93. The Bertz CT molecular complexity index is 409. The van der Waals surface area contributed by atoms with Crippen molar-refractivity contribution in [3.8, 4) is 0 Å². The van der Waals surface area contributed by atoms with Gasteiger partial charge in [-0.1, -0.05) is 30.3 Å². The van der Waals surface area contributed by atoms with Gasteiger partial charge in [0, 0.05) is 18.9 Å². The van der Waals surface area contributed by atoms with Crippen LogP contribution in [0.25, 0.3) is 0 Å². The van der Waals surface area contributed by atoms with E-state index < -0.39 is 0 Å². The predicted molar refractivity (Wildman–Crippen MR) is 74.5 cm³/mol. The Labute approximate surface area is 109 Å². The lowest BCUT2D eigenvalue weighted by Gasteiger charge is -2.05. The summed E-state index contributed by atoms with van der Waals surface area (Å²) in [4.78, 5) is 0. The molecule has 0 aliphatic rings. The normalized spacial score (nSPS) is 10.7. The van der Waals surface area contributed by atoms with Gasteiger partial charge in [0.15, 0.2) is 0 Å². The molecule has 0 atom stereocenters. The molecule has 1 aromatic heterocycles. The van der Waals surface area contributed by atoms with Gasteiger partial charge >= 0.3 is 0 Å². The van der Waals surface area contributed by atoms with Crippen LogP contribution >= 0.6 is 0 Å². The molecule has 0 aliphatic carbocycles. The third-order valence-corrected chi connectivity index (χ3v) is 2.96. The lowest BCUT2D eigenvalue weighted by molar-refractivity contribution is 0.538. The monoisotopic (exact) mass is 243 g/mol. The molecule has 0 saturated heterocycles. The predicted octanol–water partition coefficient (Wildman–Crippen LogP) is 2.50. The summed E-state index contributed by atoms with van der Waals surface area (Å²) in [7, 11) is 0. The Kier molecular flexibility index (Phi) is 5.47. The molecule has 0 spiro atoms. The Morgan fingerprint density at radius 1 is 1.00 bits per heavy atom. The van der Waals surface area contributed by atoms with Crippen LogP contribution in [0.1, 0.15) is 18.4 Å². The highest BCUT2D eigenvalue weighted by Crippen LogP contribution is 2.01. The van der Waals surface area contributed by atoms with Gasteiger partial charge in [0.05, 0.1) is 0 Å². The summed E-state index contributed by atoms with van der Waals surface area (Å²) in [5.74, 6) is 0. The molecule has 0 saturated carbocycles. The summed E-state index contributed by atoms with van der Waals surface area (Å²) in [5.41, 5.74) is 1.43. The molecule has 1 N–H and O–H groups in total. The van der Waals surface area contributed by atoms with Gasteiger partial charge in [-0.3, -0.25) is 4.68 Å². The van der Waals surface area contributed by atoms with Gasteiger partial charge in [0.2, 0.25) is 0 Å². The Morgan fingerprint density at radius 3 is 2.61 bits per heavy atom. The molecule has 2 rings (SSSR count). The number of aromatic nitrogens is 2. The highest BCUT2D eigenvalue weighted by molar-refractivity contribution is 5.14. The van der Waals surface area contributed by atoms with Crippen LogP contribution in [-0.2, 0) is 13.0 Å². The van der Waals surface area contributed by atoms with Crippen molar-refractivity contribution >= 4 is 0 Å². The van der Waals surface area contributed by atoms with E-state index in [1.807, 2.05) is 23.1 Å². The summed E-state index contributed by atoms with van der Waals surface area (Å²) in [6.45, 7) is 3.15. The number of nitrogens with zero attached hydrogens (tertiary/aromatic N) is 2. The first-order chi connectivity index (χ1) is 8.95. The van der Waals surface area contributed by atoms with Crippen molar-refractivity contribution in [1.82, 2.24) is 15.1 Å². The van der Waals surface area contributed by atoms with Crippen LogP contribution < -0.4 is 5.32 Å². The average molecular weight is 243 g/mol. The minimum Gasteiger partial charge on any atom is -0.317 e. The molecule has 0 amide bonds. The molecule has 3 nitrogen and oxygen atoms in total. The van der Waals surface area contributed by atoms with E-state index in [-0.39, 0.29) is 0 Å². The third-order valence-electron chi connectivity index (χ3n) is 2.96. The second-order valence-electron chi connectivity index (χ2n) is 4.46. The largest absolute Gasteiger partial charge is 0.317 e. The molecule has 0 bridgehead atoms. The van der Waals surface area contributed by atoms with Crippen molar-refractivity contribution in [2.75, 3.05) is 13.1 Å². The van der Waals surface area contributed by atoms with Crippen LogP contribution in [0.2, 0.25) is 0 Å². The first kappa shape index (κ1) is 12.8. The zero-order valence-corrected chi connectivity index (χ0v) is 10.8. The van der Waals surface area contributed by atoms with E-state index in [1.165, 1.54) is 12.0 Å². The van der Waals surface area contributed by atoms with Crippen LogP contribution in [0.15, 0.2) is 48.8 Å². The SMILES string of the molecule is c1ccc(CCCNCCCn2cccn2)cc1. The zero-order valence-electron chi connectivity index (χ0n) is 10.8. The molecule has 2 aromatic rings. The Morgan fingerprint density at radius 2 is 1.83 bits per heavy atom. The molecular weight excluding hydrogens is 222 g/mol. The van der Waals surface area contributed by atoms with Crippen molar-refractivity contribution in [2.24, 2.45) is 0 Å². The minimum absolute atomic E-state index is 0.999. The van der Waals surface area contributed by atoms with Crippen molar-refractivity contribution in [3.63, 3.8) is 0 Å². The van der Waals surface area contributed by atoms with Crippen molar-refractivity contribution in [1.29, 1.82) is 0 Å². The molecule has 18 heavy (non-hydrogen) atoms. The number of rotatable bonds is 8. The molecule has 96 valence electrons. The van der Waals surface area contributed by atoms with Gasteiger partial charge in [-0.2, -0.15) is 5.10 Å². The Hall–Kier alpha value is -1.61. The van der Waals surface area contributed by atoms with Gasteiger partial charge in [0.25, 0.3) is 0 Å². The quantitative estimate of drug-likeness (QED) is 0.722. The summed E-state index contributed by atoms with van der Waals surface area (Å²) in [5, 5.41) is 7.66. The van der Waals surface area contributed by atoms with E-state index >= 15 is 0 Å². The second-order valence-corrected chi connectivity index (χ2v) is 4.46. The van der Waals surface area contributed by atoms with Crippen LogP contribution in [0.3, 0.4) is 0 Å². The van der Waals surface area contributed by atoms with Crippen molar-refractivity contribution in [2.45, 2.75) is 25.8 Å². The lowest BCUT2D eigenvalue weighted by Crippen LogP contribution is -2.18. The molecule has 1 heterocycles. The van der Waals surface area contributed by atoms with E-state index in [1.54, 1.807) is 0 Å². The standard InChI is InChI=1S/C15H21N3/c1-2-7-15(8-3-1)9-4-10-16-11-5-13-18-14-6-12-17-18/h1-3,6-8,12,14,16H,4-5,9-11,13H2. The Balaban J connectivity index is 1.47. The van der Waals surface area contributed by atoms with Gasteiger partial charge in [-0.25, -0.2) is 0 Å². The van der Waals surface area contributed by atoms with E-state index in [2.05, 4.69) is 40.7 Å². The maximum absolute atomic E-state index is 4.18. The van der Waals surface area contributed by atoms with Gasteiger partial charge < -0.3 is 5.32 Å². The fourth-order valence-corrected chi connectivity index (χ4v) is 1.99. The number of nitrogens with one attached hydrogen (secondary N) is 1. The zero-order chi connectivity index (χ0) is 12.5. The number of aryl methyl sites for hydroxylation is 2. The van der Waals surface area contributed by atoms with Gasteiger partial charge in [-0.15, -0.1) is 0 Å². The lowest BCUT2D eigenvalue weighted by atomic mass is 10.1. The van der Waals surface area contributed by atoms with E-state index in [0.29, 0.717) is 0 Å². The molecule has 3 heteroatoms. The van der Waals surface area contributed by atoms with E-state index in [0.717, 1.165) is 32.5 Å². The first-order valence-corrected chi connectivity index (χ1v) is 6.67. The summed E-state index contributed by atoms with van der Waals surface area (Å²) in [6.07, 6.45) is 7.33. The fraction of sp³-hybridized carbons (Fsp3) is 0.400. The number of benzene rings is 1. The maximum Gasteiger partial charge on any atom is 0.0489 e. The third kappa shape index (κ3) is 4.72. The van der Waals surface area contributed by atoms with E-state index in [4.69, 9.17) is 0 Å². The second kappa shape index (κ2) is 7.67.